The molecule has 3 aliphatic heterocycles. The van der Waals surface area contributed by atoms with E-state index in [-0.39, 0.29) is 25.0 Å². The van der Waals surface area contributed by atoms with Crippen LogP contribution in [0.25, 0.3) is 0 Å². The highest BCUT2D eigenvalue weighted by Gasteiger charge is 2.78. The number of hydrogen-bond donors (Lipinski definition) is 3. The Balaban J connectivity index is 1.46. The molecule has 1 spiro atoms. The van der Waals surface area contributed by atoms with Crippen molar-refractivity contribution in [3.05, 3.63) is 53.6 Å². The molecule has 2 bridgehead atoms. The Morgan fingerprint density at radius 3 is 2.29 bits per heavy atom. The van der Waals surface area contributed by atoms with Gasteiger partial charge in [-0.05, 0) is 74.7 Å². The minimum absolute atomic E-state index is 0.0362. The van der Waals surface area contributed by atoms with Gasteiger partial charge in [-0.2, -0.15) is 0 Å². The quantitative estimate of drug-likeness (QED) is 0.447. The summed E-state index contributed by atoms with van der Waals surface area (Å²) in [6, 6.07) is 12.7. The number of nitrogens with one attached hydrogen (secondary N) is 2. The van der Waals surface area contributed by atoms with Crippen LogP contribution in [0.3, 0.4) is 0 Å². The van der Waals surface area contributed by atoms with E-state index >= 15 is 0 Å². The lowest BCUT2D eigenvalue weighted by atomic mass is 9.65. The van der Waals surface area contributed by atoms with Crippen LogP contribution in [0.4, 0.5) is 11.4 Å². The van der Waals surface area contributed by atoms with Gasteiger partial charge in [-0.25, -0.2) is 0 Å². The number of aliphatic hydroxyl groups is 1. The van der Waals surface area contributed by atoms with Gasteiger partial charge in [0.1, 0.15) is 17.4 Å². The minimum atomic E-state index is -1.17. The first-order valence-electron chi connectivity index (χ1n) is 13.0. The van der Waals surface area contributed by atoms with Crippen LogP contribution in [0.5, 0.6) is 5.75 Å². The van der Waals surface area contributed by atoms with Crippen LogP contribution in [-0.2, 0) is 19.1 Å². The number of hydrogen-bond acceptors (Lipinski definition) is 6. The van der Waals surface area contributed by atoms with Crippen molar-refractivity contribution in [2.75, 3.05) is 30.4 Å². The summed E-state index contributed by atoms with van der Waals surface area (Å²) in [4.78, 5) is 42.7. The molecule has 3 heterocycles. The van der Waals surface area contributed by atoms with Gasteiger partial charge < -0.3 is 30.1 Å². The van der Waals surface area contributed by atoms with E-state index in [2.05, 4.69) is 10.6 Å². The first kappa shape index (κ1) is 26.5. The molecule has 2 aromatic carbocycles. The highest BCUT2D eigenvalue weighted by molar-refractivity contribution is 6.30. The fourth-order valence-corrected chi connectivity index (χ4v) is 6.66. The smallest absolute Gasteiger partial charge is 0.250 e. The van der Waals surface area contributed by atoms with Crippen LogP contribution in [0.2, 0.25) is 5.02 Å². The van der Waals surface area contributed by atoms with Gasteiger partial charge in [-0.15, -0.1) is 0 Å². The zero-order chi connectivity index (χ0) is 27.1. The summed E-state index contributed by atoms with van der Waals surface area (Å²) in [7, 11) is 0. The fraction of sp³-hybridized carbons (Fsp3) is 0.464. The van der Waals surface area contributed by atoms with Crippen molar-refractivity contribution in [1.82, 2.24) is 4.90 Å². The number of halogens is 1. The molecule has 5 atom stereocenters. The van der Waals surface area contributed by atoms with Crippen molar-refractivity contribution in [1.29, 1.82) is 0 Å². The molecule has 3 amide bonds. The highest BCUT2D eigenvalue weighted by Crippen LogP contribution is 2.64. The van der Waals surface area contributed by atoms with Gasteiger partial charge in [0.15, 0.2) is 0 Å². The SMILES string of the molecule is CCOc1ccc(NC(=O)[C@H]2[C@H]3C(=O)N(CCO)C(C(=O)Nc4ccc(Cl)cc4)C34CC[C@]2(CC)O4)cc1. The van der Waals surface area contributed by atoms with Gasteiger partial charge in [0.25, 0.3) is 0 Å². The van der Waals surface area contributed by atoms with E-state index in [0.29, 0.717) is 48.0 Å². The maximum absolute atomic E-state index is 13.9. The largest absolute Gasteiger partial charge is 0.494 e. The van der Waals surface area contributed by atoms with E-state index in [1.807, 2.05) is 13.8 Å². The lowest BCUT2D eigenvalue weighted by Crippen LogP contribution is -2.53. The van der Waals surface area contributed by atoms with Gasteiger partial charge in [0.05, 0.1) is 30.7 Å². The Morgan fingerprint density at radius 1 is 1.05 bits per heavy atom. The predicted octanol–water partition coefficient (Wildman–Crippen LogP) is 3.46. The third-order valence-electron chi connectivity index (χ3n) is 8.10. The molecule has 202 valence electrons. The number of anilines is 2. The van der Waals surface area contributed by atoms with Gasteiger partial charge >= 0.3 is 0 Å². The lowest BCUT2D eigenvalue weighted by Gasteiger charge is -2.33. The van der Waals surface area contributed by atoms with Crippen LogP contribution in [0.1, 0.15) is 33.1 Å². The third-order valence-corrected chi connectivity index (χ3v) is 8.35. The summed E-state index contributed by atoms with van der Waals surface area (Å²) in [5, 5.41) is 16.1. The molecule has 3 saturated heterocycles. The molecule has 0 aliphatic carbocycles. The standard InChI is InChI=1S/C28H32ClN3O6/c1-3-27-13-14-28(38-27)22(21(27)24(34)30-19-9-11-20(12-10-19)37-4-2)26(36)32(15-16-33)23(28)25(35)31-18-7-5-17(29)6-8-18/h5-12,21-23,33H,3-4,13-16H2,1-2H3,(H,30,34)(H,31,35)/t21-,22+,23?,27+,28?/m1/s1. The van der Waals surface area contributed by atoms with Crippen molar-refractivity contribution in [2.45, 2.75) is 50.4 Å². The predicted molar refractivity (Wildman–Crippen MR) is 142 cm³/mol. The second-order valence-corrected chi connectivity index (χ2v) is 10.5. The molecular formula is C28H32ClN3O6. The molecule has 38 heavy (non-hydrogen) atoms. The summed E-state index contributed by atoms with van der Waals surface area (Å²) >= 11 is 5.98. The number of ether oxygens (including phenoxy) is 2. The first-order chi connectivity index (χ1) is 18.3. The molecule has 2 unspecified atom stereocenters. The Labute approximate surface area is 226 Å². The van der Waals surface area contributed by atoms with E-state index < -0.39 is 35.0 Å². The zero-order valence-electron chi connectivity index (χ0n) is 21.4. The molecule has 9 nitrogen and oxygen atoms in total. The Hall–Kier alpha value is -3.14. The first-order valence-corrected chi connectivity index (χ1v) is 13.4. The summed E-state index contributed by atoms with van der Waals surface area (Å²) in [5.41, 5.74) is -0.922. The van der Waals surface area contributed by atoms with E-state index in [0.717, 1.165) is 0 Å². The molecule has 5 rings (SSSR count). The van der Waals surface area contributed by atoms with E-state index in [1.165, 1.54) is 4.90 Å². The molecule has 2 aromatic rings. The number of amides is 3. The van der Waals surface area contributed by atoms with Crippen molar-refractivity contribution >= 4 is 40.7 Å². The highest BCUT2D eigenvalue weighted by atomic mass is 35.5. The van der Waals surface area contributed by atoms with E-state index in [9.17, 15) is 19.5 Å². The van der Waals surface area contributed by atoms with Crippen LogP contribution in [0.15, 0.2) is 48.5 Å². The van der Waals surface area contributed by atoms with Crippen LogP contribution in [-0.4, -0.2) is 64.7 Å². The third kappa shape index (κ3) is 4.22. The number of aliphatic hydroxyl groups excluding tert-OH is 1. The van der Waals surface area contributed by atoms with E-state index in [4.69, 9.17) is 21.1 Å². The monoisotopic (exact) mass is 541 g/mol. The molecule has 0 saturated carbocycles. The summed E-state index contributed by atoms with van der Waals surface area (Å²) < 4.78 is 12.2. The van der Waals surface area contributed by atoms with Crippen molar-refractivity contribution in [3.8, 4) is 5.75 Å². The molecule has 3 fully saturated rings. The zero-order valence-corrected chi connectivity index (χ0v) is 22.2. The number of carbonyl (C=O) groups is 3. The summed E-state index contributed by atoms with van der Waals surface area (Å²) in [5.74, 6) is -2.02. The van der Waals surface area contributed by atoms with E-state index in [1.54, 1.807) is 48.5 Å². The number of likely N-dealkylation sites (tertiary alicyclic amines) is 1. The molecular weight excluding hydrogens is 510 g/mol. The van der Waals surface area contributed by atoms with Crippen molar-refractivity contribution in [3.63, 3.8) is 0 Å². The van der Waals surface area contributed by atoms with Crippen molar-refractivity contribution < 1.29 is 29.0 Å². The second kappa shape index (κ2) is 10.2. The lowest BCUT2D eigenvalue weighted by molar-refractivity contribution is -0.144. The van der Waals surface area contributed by atoms with Crippen molar-refractivity contribution in [2.24, 2.45) is 11.8 Å². The average Bonchev–Trinajstić information content (AvgIpc) is 3.51. The second-order valence-electron chi connectivity index (χ2n) is 10.0. The molecule has 0 radical (unpaired) electrons. The number of carbonyl (C=O) groups excluding carboxylic acids is 3. The maximum atomic E-state index is 13.9. The fourth-order valence-electron chi connectivity index (χ4n) is 6.53. The number of fused-ring (bicyclic) bond motifs is 1. The summed E-state index contributed by atoms with van der Waals surface area (Å²) in [6.07, 6.45) is 1.53. The van der Waals surface area contributed by atoms with Crippen LogP contribution >= 0.6 is 11.6 Å². The number of benzene rings is 2. The molecule has 10 heteroatoms. The molecule has 3 N–H and O–H groups in total. The van der Waals surface area contributed by atoms with Gasteiger partial charge in [0.2, 0.25) is 17.7 Å². The van der Waals surface area contributed by atoms with Crippen LogP contribution in [0, 0.1) is 11.8 Å². The number of rotatable bonds is 9. The van der Waals surface area contributed by atoms with Crippen LogP contribution < -0.4 is 15.4 Å². The Kier molecular flexibility index (Phi) is 7.11. The maximum Gasteiger partial charge on any atom is 0.250 e. The number of nitrogens with zero attached hydrogens (tertiary/aromatic N) is 1. The Morgan fingerprint density at radius 2 is 1.68 bits per heavy atom. The average molecular weight is 542 g/mol. The Bertz CT molecular complexity index is 1220. The number of β-amino-alcohol motifs (C(OH)–C–C–N with tert-alkyl or cyclic N) is 1. The summed E-state index contributed by atoms with van der Waals surface area (Å²) in [6.45, 7) is 4.02. The normalized spacial score (nSPS) is 29.3. The van der Waals surface area contributed by atoms with Gasteiger partial charge in [-0.3, -0.25) is 14.4 Å². The topological polar surface area (TPSA) is 117 Å². The minimum Gasteiger partial charge on any atom is -0.494 e. The molecule has 3 aliphatic rings. The molecule has 0 aromatic heterocycles. The van der Waals surface area contributed by atoms with Gasteiger partial charge in [-0.1, -0.05) is 18.5 Å². The van der Waals surface area contributed by atoms with Gasteiger partial charge in [0, 0.05) is 22.9 Å².